The van der Waals surface area contributed by atoms with Crippen LogP contribution in [0.1, 0.15) is 10.4 Å². The van der Waals surface area contributed by atoms with E-state index < -0.39 is 5.82 Å². The third kappa shape index (κ3) is 3.41. The molecule has 4 nitrogen and oxygen atoms in total. The van der Waals surface area contributed by atoms with E-state index in [2.05, 4.69) is 9.88 Å². The van der Waals surface area contributed by atoms with Crippen LogP contribution in [0, 0.1) is 5.82 Å². The van der Waals surface area contributed by atoms with Crippen molar-refractivity contribution in [3.05, 3.63) is 58.1 Å². The summed E-state index contributed by atoms with van der Waals surface area (Å²) < 4.78 is 13.6. The Bertz CT molecular complexity index is 719. The molecule has 0 saturated carbocycles. The van der Waals surface area contributed by atoms with Crippen LogP contribution in [0.4, 0.5) is 10.1 Å². The predicted octanol–water partition coefficient (Wildman–Crippen LogP) is 3.49. The molecule has 0 unspecified atom stereocenters. The van der Waals surface area contributed by atoms with Gasteiger partial charge in [-0.15, -0.1) is 0 Å². The molecule has 1 aromatic carbocycles. The molecule has 1 fully saturated rings. The average Bonchev–Trinajstić information content (AvgIpc) is 2.58. The van der Waals surface area contributed by atoms with Crippen molar-refractivity contribution >= 4 is 34.8 Å². The normalized spacial score (nSPS) is 14.9. The van der Waals surface area contributed by atoms with Crippen molar-refractivity contribution in [1.29, 1.82) is 0 Å². The Morgan fingerprint density at radius 3 is 2.35 bits per heavy atom. The first-order valence-electron chi connectivity index (χ1n) is 7.15. The van der Waals surface area contributed by atoms with Gasteiger partial charge in [-0.2, -0.15) is 0 Å². The van der Waals surface area contributed by atoms with Crippen molar-refractivity contribution in [3.8, 4) is 0 Å². The number of hydrogen-bond donors (Lipinski definition) is 0. The van der Waals surface area contributed by atoms with E-state index in [0.29, 0.717) is 26.2 Å². The molecular weight excluding hydrogens is 340 g/mol. The number of anilines is 1. The van der Waals surface area contributed by atoms with Gasteiger partial charge in [-0.25, -0.2) is 4.39 Å². The van der Waals surface area contributed by atoms with Gasteiger partial charge in [-0.1, -0.05) is 23.2 Å². The van der Waals surface area contributed by atoms with Gasteiger partial charge in [0.2, 0.25) is 0 Å². The number of piperazine rings is 1. The molecule has 23 heavy (non-hydrogen) atoms. The maximum atomic E-state index is 13.6. The zero-order chi connectivity index (χ0) is 16.4. The summed E-state index contributed by atoms with van der Waals surface area (Å²) in [7, 11) is 0. The van der Waals surface area contributed by atoms with Crippen LogP contribution in [0.5, 0.6) is 0 Å². The number of amides is 1. The van der Waals surface area contributed by atoms with E-state index in [1.165, 1.54) is 6.07 Å². The zero-order valence-electron chi connectivity index (χ0n) is 12.2. The fraction of sp³-hybridized carbons (Fsp3) is 0.250. The van der Waals surface area contributed by atoms with Crippen LogP contribution in [-0.2, 0) is 0 Å². The van der Waals surface area contributed by atoms with Crippen molar-refractivity contribution in [2.75, 3.05) is 31.1 Å². The van der Waals surface area contributed by atoms with E-state index in [9.17, 15) is 9.18 Å². The highest BCUT2D eigenvalue weighted by atomic mass is 35.5. The van der Waals surface area contributed by atoms with Crippen LogP contribution < -0.4 is 4.90 Å². The van der Waals surface area contributed by atoms with E-state index in [4.69, 9.17) is 23.2 Å². The fourth-order valence-corrected chi connectivity index (χ4v) is 3.04. The minimum absolute atomic E-state index is 0.0888. The molecule has 0 spiro atoms. The van der Waals surface area contributed by atoms with Crippen molar-refractivity contribution in [3.63, 3.8) is 0 Å². The first-order chi connectivity index (χ1) is 11.1. The van der Waals surface area contributed by atoms with E-state index in [1.807, 2.05) is 12.1 Å². The summed E-state index contributed by atoms with van der Waals surface area (Å²) in [6.07, 6.45) is 3.48. The second-order valence-electron chi connectivity index (χ2n) is 5.23. The number of halogens is 3. The van der Waals surface area contributed by atoms with Crippen molar-refractivity contribution in [2.24, 2.45) is 0 Å². The molecule has 0 bridgehead atoms. The van der Waals surface area contributed by atoms with Crippen LogP contribution in [0.2, 0.25) is 10.0 Å². The molecule has 7 heteroatoms. The molecule has 2 aromatic rings. The Labute approximate surface area is 143 Å². The monoisotopic (exact) mass is 353 g/mol. The third-order valence-corrected chi connectivity index (χ3v) is 4.44. The topological polar surface area (TPSA) is 36.4 Å². The number of carbonyl (C=O) groups is 1. The molecule has 0 atom stereocenters. The Hall–Kier alpha value is -1.85. The minimum Gasteiger partial charge on any atom is -0.368 e. The third-order valence-electron chi connectivity index (χ3n) is 3.84. The Morgan fingerprint density at radius 1 is 1.04 bits per heavy atom. The van der Waals surface area contributed by atoms with Gasteiger partial charge in [-0.3, -0.25) is 9.78 Å². The number of benzene rings is 1. The lowest BCUT2D eigenvalue weighted by atomic mass is 10.1. The number of nitrogens with zero attached hydrogens (tertiary/aromatic N) is 3. The molecule has 1 aromatic heterocycles. The van der Waals surface area contributed by atoms with Gasteiger partial charge in [0.05, 0.1) is 15.6 Å². The number of rotatable bonds is 2. The number of hydrogen-bond acceptors (Lipinski definition) is 3. The van der Waals surface area contributed by atoms with Crippen LogP contribution in [0.3, 0.4) is 0 Å². The van der Waals surface area contributed by atoms with Crippen molar-refractivity contribution in [1.82, 2.24) is 9.88 Å². The summed E-state index contributed by atoms with van der Waals surface area (Å²) in [4.78, 5) is 20.4. The smallest absolute Gasteiger partial charge is 0.255 e. The Morgan fingerprint density at radius 2 is 1.70 bits per heavy atom. The highest BCUT2D eigenvalue weighted by Gasteiger charge is 2.24. The summed E-state index contributed by atoms with van der Waals surface area (Å²) in [6, 6.07) is 6.23. The molecule has 1 aliphatic rings. The number of aromatic nitrogens is 1. The Kier molecular flexibility index (Phi) is 4.68. The molecule has 1 saturated heterocycles. The first kappa shape index (κ1) is 16.0. The molecule has 1 aliphatic heterocycles. The molecular formula is C16H14Cl2FN3O. The van der Waals surface area contributed by atoms with Gasteiger partial charge in [0.15, 0.2) is 0 Å². The highest BCUT2D eigenvalue weighted by molar-refractivity contribution is 6.36. The largest absolute Gasteiger partial charge is 0.368 e. The maximum absolute atomic E-state index is 13.6. The molecule has 120 valence electrons. The molecule has 3 rings (SSSR count). The van der Waals surface area contributed by atoms with Gasteiger partial charge in [0, 0.05) is 44.3 Å². The lowest BCUT2D eigenvalue weighted by Gasteiger charge is -2.36. The molecule has 1 amide bonds. The molecule has 0 aliphatic carbocycles. The van der Waals surface area contributed by atoms with Gasteiger partial charge in [-0.05, 0) is 24.3 Å². The Balaban J connectivity index is 1.70. The lowest BCUT2D eigenvalue weighted by molar-refractivity contribution is 0.0746. The highest BCUT2D eigenvalue weighted by Crippen LogP contribution is 2.26. The summed E-state index contributed by atoms with van der Waals surface area (Å²) in [6.45, 7) is 2.48. The van der Waals surface area contributed by atoms with E-state index >= 15 is 0 Å². The molecule has 0 N–H and O–H groups in total. The predicted molar refractivity (Wildman–Crippen MR) is 88.8 cm³/mol. The number of carbonyl (C=O) groups excluding carboxylic acids is 1. The standard InChI is InChI=1S/C16H14Cl2FN3O/c17-13-10-14(18)15(19)9-12(13)16(23)22-7-5-21(6-8-22)11-1-3-20-4-2-11/h1-4,9-10H,5-8H2. The fourth-order valence-electron chi connectivity index (χ4n) is 2.58. The van der Waals surface area contributed by atoms with Gasteiger partial charge in [0.25, 0.3) is 5.91 Å². The van der Waals surface area contributed by atoms with E-state index in [-0.39, 0.29) is 21.5 Å². The first-order valence-corrected chi connectivity index (χ1v) is 7.90. The van der Waals surface area contributed by atoms with Crippen LogP contribution in [-0.4, -0.2) is 42.0 Å². The van der Waals surface area contributed by atoms with Crippen LogP contribution in [0.25, 0.3) is 0 Å². The van der Waals surface area contributed by atoms with Crippen LogP contribution >= 0.6 is 23.2 Å². The number of pyridine rings is 1. The zero-order valence-corrected chi connectivity index (χ0v) is 13.7. The van der Waals surface area contributed by atoms with Crippen molar-refractivity contribution in [2.45, 2.75) is 0 Å². The van der Waals surface area contributed by atoms with Gasteiger partial charge in [0.1, 0.15) is 5.82 Å². The summed E-state index contributed by atoms with van der Waals surface area (Å²) in [5.41, 5.74) is 1.22. The SMILES string of the molecule is O=C(c1cc(F)c(Cl)cc1Cl)N1CCN(c2ccncc2)CC1. The van der Waals surface area contributed by atoms with E-state index in [0.717, 1.165) is 11.8 Å². The quantitative estimate of drug-likeness (QED) is 0.775. The maximum Gasteiger partial charge on any atom is 0.255 e. The van der Waals surface area contributed by atoms with Gasteiger partial charge >= 0.3 is 0 Å². The lowest BCUT2D eigenvalue weighted by Crippen LogP contribution is -2.48. The molecule has 2 heterocycles. The van der Waals surface area contributed by atoms with Crippen molar-refractivity contribution < 1.29 is 9.18 Å². The average molecular weight is 354 g/mol. The second-order valence-corrected chi connectivity index (χ2v) is 6.05. The van der Waals surface area contributed by atoms with Crippen LogP contribution in [0.15, 0.2) is 36.7 Å². The second kappa shape index (κ2) is 6.72. The van der Waals surface area contributed by atoms with E-state index in [1.54, 1.807) is 17.3 Å². The summed E-state index contributed by atoms with van der Waals surface area (Å²) >= 11 is 11.7. The summed E-state index contributed by atoms with van der Waals surface area (Å²) in [5, 5.41) is 0.0759. The summed E-state index contributed by atoms with van der Waals surface area (Å²) in [5.74, 6) is -0.921. The molecule has 0 radical (unpaired) electrons. The minimum atomic E-state index is -0.644. The van der Waals surface area contributed by atoms with Gasteiger partial charge < -0.3 is 9.80 Å².